The number of carbonyl (C=O) groups is 1. The van der Waals surface area contributed by atoms with E-state index in [1.54, 1.807) is 0 Å². The highest BCUT2D eigenvalue weighted by molar-refractivity contribution is 5.92. The van der Waals surface area contributed by atoms with Gasteiger partial charge in [-0.05, 0) is 67.7 Å². The van der Waals surface area contributed by atoms with Crippen LogP contribution in [0.1, 0.15) is 78.5 Å². The molecule has 2 atom stereocenters. The molecule has 6 rings (SSSR count). The molecule has 3 aromatic heterocycles. The van der Waals surface area contributed by atoms with Gasteiger partial charge in [-0.25, -0.2) is 9.78 Å². The van der Waals surface area contributed by atoms with Crippen LogP contribution in [0, 0.1) is 5.92 Å². The molecule has 1 aliphatic heterocycles. The highest BCUT2D eigenvalue weighted by atomic mass is 16.5. The summed E-state index contributed by atoms with van der Waals surface area (Å²) in [5, 5.41) is 1.97. The van der Waals surface area contributed by atoms with Crippen LogP contribution < -0.4 is 10.5 Å². The largest absolute Gasteiger partial charge is 0.474 e. The Morgan fingerprint density at radius 3 is 2.70 bits per heavy atom. The van der Waals surface area contributed by atoms with Crippen molar-refractivity contribution in [3.8, 4) is 5.88 Å². The third-order valence-electron chi connectivity index (χ3n) is 7.10. The van der Waals surface area contributed by atoms with E-state index in [1.165, 1.54) is 0 Å². The molecule has 4 heterocycles. The number of nitrogens with two attached hydrogens (primary N) is 1. The minimum Gasteiger partial charge on any atom is -0.474 e. The predicted octanol–water partition coefficient (Wildman–Crippen LogP) is 4.01. The first-order valence-corrected chi connectivity index (χ1v) is 11.8. The number of hydrogen-bond donors (Lipinski definition) is 1. The van der Waals surface area contributed by atoms with E-state index in [2.05, 4.69) is 18.0 Å². The van der Waals surface area contributed by atoms with Crippen LogP contribution in [-0.2, 0) is 16.7 Å². The highest BCUT2D eigenvalue weighted by Crippen LogP contribution is 2.46. The number of cyclic esters (lactones) is 1. The van der Waals surface area contributed by atoms with Crippen molar-refractivity contribution in [3.05, 3.63) is 58.8 Å². The van der Waals surface area contributed by atoms with E-state index in [0.717, 1.165) is 59.1 Å². The molecule has 2 N–H and O–H groups in total. The van der Waals surface area contributed by atoms with Crippen molar-refractivity contribution in [2.45, 2.75) is 63.5 Å². The first-order valence-electron chi connectivity index (χ1n) is 11.8. The molecular formula is C26H28N4O3. The second-order valence-electron chi connectivity index (χ2n) is 9.98. The monoisotopic (exact) mass is 444 g/mol. The third-order valence-corrected chi connectivity index (χ3v) is 7.10. The second kappa shape index (κ2) is 7.48. The van der Waals surface area contributed by atoms with Crippen LogP contribution in [0.4, 0.5) is 0 Å². The summed E-state index contributed by atoms with van der Waals surface area (Å²) < 4.78 is 11.3. The van der Waals surface area contributed by atoms with Crippen LogP contribution in [0.3, 0.4) is 0 Å². The fourth-order valence-electron chi connectivity index (χ4n) is 4.73. The van der Waals surface area contributed by atoms with Crippen molar-refractivity contribution < 1.29 is 14.3 Å². The quantitative estimate of drug-likeness (QED) is 0.573. The van der Waals surface area contributed by atoms with E-state index in [9.17, 15) is 4.79 Å². The number of hydrogen-bond acceptors (Lipinski definition) is 7. The van der Waals surface area contributed by atoms with Crippen LogP contribution in [0.2, 0.25) is 0 Å². The first-order chi connectivity index (χ1) is 15.9. The Labute approximate surface area is 192 Å². The summed E-state index contributed by atoms with van der Waals surface area (Å²) in [4.78, 5) is 26.2. The molecular weight excluding hydrogens is 416 g/mol. The van der Waals surface area contributed by atoms with E-state index in [4.69, 9.17) is 25.2 Å². The molecule has 0 radical (unpaired) electrons. The summed E-state index contributed by atoms with van der Waals surface area (Å²) in [6.07, 6.45) is 9.01. The average molecular weight is 445 g/mol. The zero-order valence-corrected chi connectivity index (χ0v) is 19.0. The van der Waals surface area contributed by atoms with Gasteiger partial charge in [-0.1, -0.05) is 6.92 Å². The summed E-state index contributed by atoms with van der Waals surface area (Å²) in [5.41, 5.74) is 10.6. The molecule has 7 heteroatoms. The van der Waals surface area contributed by atoms with Crippen molar-refractivity contribution in [1.82, 2.24) is 15.0 Å². The lowest BCUT2D eigenvalue weighted by Crippen LogP contribution is -2.35. The van der Waals surface area contributed by atoms with E-state index < -0.39 is 5.54 Å². The Kier molecular flexibility index (Phi) is 4.66. The predicted molar refractivity (Wildman–Crippen MR) is 123 cm³/mol. The smallest absolute Gasteiger partial charge is 0.340 e. The molecule has 2 fully saturated rings. The van der Waals surface area contributed by atoms with E-state index in [0.29, 0.717) is 30.4 Å². The number of ether oxygens (including phenoxy) is 2. The molecule has 2 aliphatic carbocycles. The zero-order valence-electron chi connectivity index (χ0n) is 19.0. The Morgan fingerprint density at radius 2 is 1.94 bits per heavy atom. The minimum atomic E-state index is -0.443. The number of aromatic nitrogens is 3. The Hall–Kier alpha value is -3.06. The number of fused-ring (bicyclic) bond motifs is 2. The molecule has 0 aromatic carbocycles. The number of rotatable bonds is 6. The van der Waals surface area contributed by atoms with Gasteiger partial charge in [-0.3, -0.25) is 9.97 Å². The van der Waals surface area contributed by atoms with Crippen LogP contribution in [-0.4, -0.2) is 33.6 Å². The lowest BCUT2D eigenvalue weighted by Gasteiger charge is -2.27. The molecule has 33 heavy (non-hydrogen) atoms. The lowest BCUT2D eigenvalue weighted by molar-refractivity contribution is 0.0444. The summed E-state index contributed by atoms with van der Waals surface area (Å²) in [6.45, 7) is 4.50. The molecule has 3 aliphatic rings. The fourth-order valence-corrected chi connectivity index (χ4v) is 4.73. The van der Waals surface area contributed by atoms with E-state index in [-0.39, 0.29) is 18.0 Å². The molecule has 170 valence electrons. The number of esters is 1. The molecule has 0 saturated heterocycles. The van der Waals surface area contributed by atoms with Gasteiger partial charge in [0.2, 0.25) is 5.88 Å². The maximum atomic E-state index is 12.0. The minimum absolute atomic E-state index is 0.0820. The normalized spacial score (nSPS) is 21.9. The van der Waals surface area contributed by atoms with Gasteiger partial charge in [0.15, 0.2) is 0 Å². The summed E-state index contributed by atoms with van der Waals surface area (Å²) in [6, 6.07) is 5.81. The summed E-state index contributed by atoms with van der Waals surface area (Å²) >= 11 is 0. The molecule has 0 spiro atoms. The second-order valence-corrected chi connectivity index (χ2v) is 9.98. The Morgan fingerprint density at radius 1 is 1.12 bits per heavy atom. The topological polar surface area (TPSA) is 100 Å². The van der Waals surface area contributed by atoms with Crippen molar-refractivity contribution >= 4 is 16.7 Å². The highest BCUT2D eigenvalue weighted by Gasteiger charge is 2.41. The van der Waals surface area contributed by atoms with Crippen molar-refractivity contribution in [3.63, 3.8) is 0 Å². The maximum Gasteiger partial charge on any atom is 0.340 e. The van der Waals surface area contributed by atoms with Crippen LogP contribution in [0.5, 0.6) is 5.88 Å². The summed E-state index contributed by atoms with van der Waals surface area (Å²) in [7, 11) is 0. The average Bonchev–Trinajstić information content (AvgIpc) is 3.70. The van der Waals surface area contributed by atoms with Gasteiger partial charge >= 0.3 is 5.97 Å². The van der Waals surface area contributed by atoms with E-state index >= 15 is 0 Å². The van der Waals surface area contributed by atoms with Gasteiger partial charge in [0.1, 0.15) is 6.10 Å². The number of nitrogens with zero attached hydrogens (tertiary/aromatic N) is 3. The molecule has 0 bridgehead atoms. The van der Waals surface area contributed by atoms with Gasteiger partial charge in [-0.15, -0.1) is 0 Å². The van der Waals surface area contributed by atoms with E-state index in [1.807, 2.05) is 31.5 Å². The summed E-state index contributed by atoms with van der Waals surface area (Å²) in [5.74, 6) is 0.895. The third kappa shape index (κ3) is 3.74. The lowest BCUT2D eigenvalue weighted by atomic mass is 9.86. The van der Waals surface area contributed by atoms with Crippen LogP contribution >= 0.6 is 0 Å². The Balaban J connectivity index is 1.40. The fraction of sp³-hybridized carbons (Fsp3) is 0.462. The van der Waals surface area contributed by atoms with Gasteiger partial charge in [0.25, 0.3) is 0 Å². The van der Waals surface area contributed by atoms with Crippen molar-refractivity contribution in [2.24, 2.45) is 11.7 Å². The first kappa shape index (κ1) is 20.5. The Bertz CT molecular complexity index is 1260. The van der Waals surface area contributed by atoms with Crippen LogP contribution in [0.25, 0.3) is 10.8 Å². The zero-order chi connectivity index (χ0) is 22.7. The molecule has 0 amide bonds. The SMILES string of the molecule is C[C@@H]1COC(=O)c2ccc(Cc3cc4c([C@](C)(N)C5CC5)cnc(OC5CC5)c4cn3)nc21. The van der Waals surface area contributed by atoms with Crippen LogP contribution in [0.15, 0.2) is 30.6 Å². The van der Waals surface area contributed by atoms with Crippen molar-refractivity contribution in [2.75, 3.05) is 6.61 Å². The standard InChI is InChI=1S/C26H28N4O3/c1-14-13-32-25(31)19-8-5-16(30-23(14)19)9-17-10-20-21(11-28-17)24(33-18-6-7-18)29-12-22(20)26(2,27)15-3-4-15/h5,8,10-12,14-15,18H,3-4,6-7,9,13,27H2,1-2H3/t14-,26-/m1/s1. The van der Waals surface area contributed by atoms with Gasteiger partial charge in [0.05, 0.1) is 23.3 Å². The van der Waals surface area contributed by atoms with Crippen molar-refractivity contribution in [1.29, 1.82) is 0 Å². The number of pyridine rings is 3. The molecule has 2 saturated carbocycles. The molecule has 3 aromatic rings. The molecule has 0 unspecified atom stereocenters. The van der Waals surface area contributed by atoms with Gasteiger partial charge in [0, 0.05) is 41.7 Å². The van der Waals surface area contributed by atoms with Gasteiger partial charge < -0.3 is 15.2 Å². The molecule has 7 nitrogen and oxygen atoms in total. The maximum absolute atomic E-state index is 12.0. The van der Waals surface area contributed by atoms with Gasteiger partial charge in [-0.2, -0.15) is 0 Å². The number of carbonyl (C=O) groups excluding carboxylic acids is 1.